The molecule has 1 aromatic heterocycles. The minimum absolute atomic E-state index is 0.742. The van der Waals surface area contributed by atoms with Crippen LogP contribution in [0.15, 0.2) is 12.1 Å². The molecule has 3 N–H and O–H groups in total. The predicted octanol–water partition coefficient (Wildman–Crippen LogP) is 2.12. The smallest absolute Gasteiger partial charge is 0.149 e. The molecule has 1 aliphatic rings. The van der Waals surface area contributed by atoms with Crippen LogP contribution < -0.4 is 11.1 Å². The molecule has 1 aromatic rings. The van der Waals surface area contributed by atoms with Gasteiger partial charge in [-0.15, -0.1) is 0 Å². The van der Waals surface area contributed by atoms with Gasteiger partial charge in [-0.2, -0.15) is 0 Å². The lowest BCUT2D eigenvalue weighted by molar-refractivity contribution is 0.198. The van der Waals surface area contributed by atoms with E-state index in [0.717, 1.165) is 29.7 Å². The highest BCUT2D eigenvalue weighted by Gasteiger charge is 2.18. The van der Waals surface area contributed by atoms with Crippen LogP contribution in [0.2, 0.25) is 0 Å². The van der Waals surface area contributed by atoms with E-state index < -0.39 is 0 Å². The standard InChI is InChI=1S/C14H24N4/c1-3-18-8-6-12(7-9-18)10-16-14-13(15)5-4-11(2)17-14/h4-5,12H,3,6-10,15H2,1-2H3,(H,16,17). The van der Waals surface area contributed by atoms with Crippen molar-refractivity contribution < 1.29 is 0 Å². The third-order valence-electron chi connectivity index (χ3n) is 3.78. The second-order valence-corrected chi connectivity index (χ2v) is 5.15. The van der Waals surface area contributed by atoms with Crippen molar-refractivity contribution in [1.29, 1.82) is 0 Å². The molecule has 2 rings (SSSR count). The Labute approximate surface area is 110 Å². The Hall–Kier alpha value is -1.29. The molecule has 0 bridgehead atoms. The van der Waals surface area contributed by atoms with Gasteiger partial charge >= 0.3 is 0 Å². The number of hydrogen-bond donors (Lipinski definition) is 2. The molecule has 0 unspecified atom stereocenters. The van der Waals surface area contributed by atoms with Crippen LogP contribution in [0.1, 0.15) is 25.5 Å². The zero-order valence-electron chi connectivity index (χ0n) is 11.4. The van der Waals surface area contributed by atoms with Crippen molar-refractivity contribution in [3.05, 3.63) is 17.8 Å². The zero-order valence-corrected chi connectivity index (χ0v) is 11.4. The van der Waals surface area contributed by atoms with Gasteiger partial charge in [-0.25, -0.2) is 4.98 Å². The molecule has 1 fully saturated rings. The third kappa shape index (κ3) is 3.35. The minimum atomic E-state index is 0.742. The van der Waals surface area contributed by atoms with Gasteiger partial charge in [0, 0.05) is 12.2 Å². The van der Waals surface area contributed by atoms with Crippen molar-refractivity contribution in [2.45, 2.75) is 26.7 Å². The average molecular weight is 248 g/mol. The van der Waals surface area contributed by atoms with Crippen molar-refractivity contribution in [2.75, 3.05) is 37.2 Å². The van der Waals surface area contributed by atoms with Crippen molar-refractivity contribution >= 4 is 11.5 Å². The van der Waals surface area contributed by atoms with Crippen LogP contribution in [-0.4, -0.2) is 36.1 Å². The Morgan fingerprint density at radius 3 is 2.78 bits per heavy atom. The molecular formula is C14H24N4. The number of pyridine rings is 1. The molecule has 0 spiro atoms. The number of nitrogens with two attached hydrogens (primary N) is 1. The number of aryl methyl sites for hydroxylation is 1. The number of likely N-dealkylation sites (tertiary alicyclic amines) is 1. The van der Waals surface area contributed by atoms with Gasteiger partial charge in [0.05, 0.1) is 5.69 Å². The second-order valence-electron chi connectivity index (χ2n) is 5.15. The van der Waals surface area contributed by atoms with Gasteiger partial charge in [0.25, 0.3) is 0 Å². The van der Waals surface area contributed by atoms with Crippen molar-refractivity contribution in [3.8, 4) is 0 Å². The number of rotatable bonds is 4. The molecule has 0 amide bonds. The average Bonchev–Trinajstić information content (AvgIpc) is 2.40. The number of nitrogens with zero attached hydrogens (tertiary/aromatic N) is 2. The van der Waals surface area contributed by atoms with Crippen LogP contribution in [0.25, 0.3) is 0 Å². The number of nitrogen functional groups attached to an aromatic ring is 1. The Bertz CT molecular complexity index is 383. The molecule has 0 radical (unpaired) electrons. The largest absolute Gasteiger partial charge is 0.396 e. The summed E-state index contributed by atoms with van der Waals surface area (Å²) in [7, 11) is 0. The van der Waals surface area contributed by atoms with Gasteiger partial charge in [-0.3, -0.25) is 0 Å². The van der Waals surface area contributed by atoms with Crippen LogP contribution in [0, 0.1) is 12.8 Å². The maximum absolute atomic E-state index is 5.92. The lowest BCUT2D eigenvalue weighted by atomic mass is 9.97. The van der Waals surface area contributed by atoms with E-state index in [9.17, 15) is 0 Å². The van der Waals surface area contributed by atoms with Crippen molar-refractivity contribution in [2.24, 2.45) is 5.92 Å². The molecule has 2 heterocycles. The summed E-state index contributed by atoms with van der Waals surface area (Å²) in [5.41, 5.74) is 7.66. The molecule has 4 nitrogen and oxygen atoms in total. The first-order chi connectivity index (χ1) is 8.69. The van der Waals surface area contributed by atoms with E-state index in [1.165, 1.54) is 32.5 Å². The molecular weight excluding hydrogens is 224 g/mol. The van der Waals surface area contributed by atoms with Gasteiger partial charge in [-0.1, -0.05) is 6.92 Å². The molecule has 1 saturated heterocycles. The summed E-state index contributed by atoms with van der Waals surface area (Å²) >= 11 is 0. The molecule has 1 aliphatic heterocycles. The van der Waals surface area contributed by atoms with Crippen LogP contribution in [0.3, 0.4) is 0 Å². The van der Waals surface area contributed by atoms with Crippen LogP contribution in [0.5, 0.6) is 0 Å². The van der Waals surface area contributed by atoms with E-state index >= 15 is 0 Å². The monoisotopic (exact) mass is 248 g/mol. The fourth-order valence-corrected chi connectivity index (χ4v) is 2.46. The van der Waals surface area contributed by atoms with E-state index in [4.69, 9.17) is 5.73 Å². The molecule has 0 aliphatic carbocycles. The summed E-state index contributed by atoms with van der Waals surface area (Å²) in [6, 6.07) is 3.87. The molecule has 18 heavy (non-hydrogen) atoms. The van der Waals surface area contributed by atoms with E-state index in [0.29, 0.717) is 0 Å². The quantitative estimate of drug-likeness (QED) is 0.857. The molecule has 100 valence electrons. The SMILES string of the molecule is CCN1CCC(CNc2nc(C)ccc2N)CC1. The Balaban J connectivity index is 1.83. The number of hydrogen-bond acceptors (Lipinski definition) is 4. The Morgan fingerprint density at radius 1 is 1.39 bits per heavy atom. The lowest BCUT2D eigenvalue weighted by Crippen LogP contribution is -2.35. The van der Waals surface area contributed by atoms with Gasteiger partial charge in [0.1, 0.15) is 5.82 Å². The van der Waals surface area contributed by atoms with Gasteiger partial charge in [0.15, 0.2) is 0 Å². The number of aromatic nitrogens is 1. The first-order valence-electron chi connectivity index (χ1n) is 6.88. The van der Waals surface area contributed by atoms with Crippen LogP contribution >= 0.6 is 0 Å². The summed E-state index contributed by atoms with van der Waals surface area (Å²) in [6.07, 6.45) is 2.54. The first kappa shape index (κ1) is 13.1. The molecule has 4 heteroatoms. The van der Waals surface area contributed by atoms with Crippen LogP contribution in [-0.2, 0) is 0 Å². The van der Waals surface area contributed by atoms with Gasteiger partial charge < -0.3 is 16.0 Å². The summed E-state index contributed by atoms with van der Waals surface area (Å²) in [6.45, 7) is 8.82. The fraction of sp³-hybridized carbons (Fsp3) is 0.643. The molecule has 0 aromatic carbocycles. The first-order valence-corrected chi connectivity index (χ1v) is 6.88. The zero-order chi connectivity index (χ0) is 13.0. The normalized spacial score (nSPS) is 17.9. The van der Waals surface area contributed by atoms with E-state index in [1.807, 2.05) is 19.1 Å². The number of piperidine rings is 1. The van der Waals surface area contributed by atoms with Crippen molar-refractivity contribution in [3.63, 3.8) is 0 Å². The topological polar surface area (TPSA) is 54.2 Å². The highest BCUT2D eigenvalue weighted by atomic mass is 15.1. The predicted molar refractivity (Wildman–Crippen MR) is 76.7 cm³/mol. The maximum Gasteiger partial charge on any atom is 0.149 e. The van der Waals surface area contributed by atoms with E-state index in [1.54, 1.807) is 0 Å². The lowest BCUT2D eigenvalue weighted by Gasteiger charge is -2.31. The third-order valence-corrected chi connectivity index (χ3v) is 3.78. The summed E-state index contributed by atoms with van der Waals surface area (Å²) in [4.78, 5) is 6.95. The fourth-order valence-electron chi connectivity index (χ4n) is 2.46. The Morgan fingerprint density at radius 2 is 2.11 bits per heavy atom. The Kier molecular flexibility index (Phi) is 4.42. The summed E-state index contributed by atoms with van der Waals surface area (Å²) in [5.74, 6) is 1.59. The van der Waals surface area contributed by atoms with E-state index in [-0.39, 0.29) is 0 Å². The van der Waals surface area contributed by atoms with Gasteiger partial charge in [-0.05, 0) is 57.5 Å². The molecule has 0 atom stereocenters. The number of nitrogens with one attached hydrogen (secondary N) is 1. The number of anilines is 2. The highest BCUT2D eigenvalue weighted by molar-refractivity contribution is 5.61. The van der Waals surface area contributed by atoms with Crippen molar-refractivity contribution in [1.82, 2.24) is 9.88 Å². The van der Waals surface area contributed by atoms with Crippen LogP contribution in [0.4, 0.5) is 11.5 Å². The maximum atomic E-state index is 5.92. The second kappa shape index (κ2) is 6.05. The summed E-state index contributed by atoms with van der Waals surface area (Å²) < 4.78 is 0. The minimum Gasteiger partial charge on any atom is -0.396 e. The summed E-state index contributed by atoms with van der Waals surface area (Å²) in [5, 5.41) is 3.40. The molecule has 0 saturated carbocycles. The highest BCUT2D eigenvalue weighted by Crippen LogP contribution is 2.20. The van der Waals surface area contributed by atoms with E-state index in [2.05, 4.69) is 22.1 Å². The van der Waals surface area contributed by atoms with Gasteiger partial charge in [0.2, 0.25) is 0 Å².